The maximum atomic E-state index is 12.4. The summed E-state index contributed by atoms with van der Waals surface area (Å²) in [4.78, 5) is 32.9. The molecule has 28 heavy (non-hydrogen) atoms. The van der Waals surface area contributed by atoms with E-state index in [0.717, 1.165) is 49.7 Å². The van der Waals surface area contributed by atoms with Crippen molar-refractivity contribution < 1.29 is 34.1 Å². The van der Waals surface area contributed by atoms with Crippen LogP contribution in [0.3, 0.4) is 0 Å². The quantitative estimate of drug-likeness (QED) is 0.571. The SMILES string of the molecule is COc1cc(C(=O)c2ccsc2)ccc1CN1CCOCC1.O=C(O)C(=O)O. The summed E-state index contributed by atoms with van der Waals surface area (Å²) in [6.07, 6.45) is 0. The molecule has 2 heterocycles. The van der Waals surface area contributed by atoms with E-state index in [-0.39, 0.29) is 5.78 Å². The lowest BCUT2D eigenvalue weighted by molar-refractivity contribution is -0.159. The van der Waals surface area contributed by atoms with Crippen LogP contribution in [-0.4, -0.2) is 66.2 Å². The average molecular weight is 407 g/mol. The fourth-order valence-electron chi connectivity index (χ4n) is 2.58. The van der Waals surface area contributed by atoms with Crippen LogP contribution in [0.2, 0.25) is 0 Å². The standard InChI is InChI=1S/C17H19NO3S.C2H2O4/c1-20-16-10-13(17(19)15-4-9-22-12-15)2-3-14(16)11-18-5-7-21-8-6-18;3-1(4)2(5)6/h2-4,9-10,12H,5-8,11H2,1H3;(H,3,4)(H,5,6). The number of nitrogens with zero attached hydrogens (tertiary/aromatic N) is 1. The van der Waals surface area contributed by atoms with Gasteiger partial charge in [-0.2, -0.15) is 11.3 Å². The number of hydrogen-bond acceptors (Lipinski definition) is 7. The Morgan fingerprint density at radius 3 is 2.32 bits per heavy atom. The minimum atomic E-state index is -1.82. The van der Waals surface area contributed by atoms with Gasteiger partial charge in [0, 0.05) is 41.7 Å². The fourth-order valence-corrected chi connectivity index (χ4v) is 3.21. The Balaban J connectivity index is 0.000000409. The van der Waals surface area contributed by atoms with Crippen LogP contribution in [-0.2, 0) is 20.9 Å². The molecule has 1 saturated heterocycles. The molecule has 0 spiro atoms. The molecule has 2 N–H and O–H groups in total. The number of ether oxygens (including phenoxy) is 2. The fraction of sp³-hybridized carbons (Fsp3) is 0.316. The zero-order chi connectivity index (χ0) is 20.5. The van der Waals surface area contributed by atoms with E-state index in [1.165, 1.54) is 11.3 Å². The Labute approximate surface area is 165 Å². The highest BCUT2D eigenvalue weighted by Gasteiger charge is 2.16. The van der Waals surface area contributed by atoms with E-state index in [2.05, 4.69) is 4.90 Å². The first-order chi connectivity index (χ1) is 13.4. The number of carbonyl (C=O) groups excluding carboxylic acids is 1. The van der Waals surface area contributed by atoms with E-state index in [1.807, 2.05) is 35.0 Å². The Kier molecular flexibility index (Phi) is 8.12. The first-order valence-corrected chi connectivity index (χ1v) is 9.36. The normalized spacial score (nSPS) is 13.9. The Morgan fingerprint density at radius 1 is 1.11 bits per heavy atom. The molecule has 1 aliphatic rings. The summed E-state index contributed by atoms with van der Waals surface area (Å²) in [6.45, 7) is 4.23. The summed E-state index contributed by atoms with van der Waals surface area (Å²) in [5.74, 6) is -2.84. The molecule has 0 bridgehead atoms. The molecular weight excluding hydrogens is 386 g/mol. The zero-order valence-electron chi connectivity index (χ0n) is 15.3. The third kappa shape index (κ3) is 6.15. The summed E-state index contributed by atoms with van der Waals surface area (Å²) >= 11 is 1.53. The minimum absolute atomic E-state index is 0.0393. The van der Waals surface area contributed by atoms with E-state index in [4.69, 9.17) is 29.3 Å². The highest BCUT2D eigenvalue weighted by atomic mass is 32.1. The van der Waals surface area contributed by atoms with Crippen molar-refractivity contribution in [3.05, 3.63) is 51.7 Å². The summed E-state index contributed by atoms with van der Waals surface area (Å²) in [6, 6.07) is 7.57. The van der Waals surface area contributed by atoms with Gasteiger partial charge in [0.15, 0.2) is 5.78 Å². The maximum Gasteiger partial charge on any atom is 0.414 e. The van der Waals surface area contributed by atoms with Gasteiger partial charge in [-0.3, -0.25) is 9.69 Å². The third-order valence-electron chi connectivity index (χ3n) is 4.01. The second-order valence-corrected chi connectivity index (χ2v) is 6.65. The van der Waals surface area contributed by atoms with Crippen molar-refractivity contribution in [2.75, 3.05) is 33.4 Å². The molecule has 0 aliphatic carbocycles. The number of benzene rings is 1. The van der Waals surface area contributed by atoms with Crippen LogP contribution >= 0.6 is 11.3 Å². The molecule has 0 unspecified atom stereocenters. The maximum absolute atomic E-state index is 12.4. The van der Waals surface area contributed by atoms with Crippen molar-refractivity contribution >= 4 is 29.1 Å². The number of aliphatic carboxylic acids is 2. The topological polar surface area (TPSA) is 113 Å². The molecule has 0 amide bonds. The predicted octanol–water partition coefficient (Wildman–Crippen LogP) is 1.98. The largest absolute Gasteiger partial charge is 0.496 e. The summed E-state index contributed by atoms with van der Waals surface area (Å²) in [5.41, 5.74) is 2.50. The average Bonchev–Trinajstić information content (AvgIpc) is 3.24. The van der Waals surface area contributed by atoms with E-state index in [1.54, 1.807) is 7.11 Å². The molecular formula is C19H21NO7S. The predicted molar refractivity (Wildman–Crippen MR) is 102 cm³/mol. The molecule has 150 valence electrons. The number of carboxylic acid groups (broad SMARTS) is 2. The van der Waals surface area contributed by atoms with Gasteiger partial charge >= 0.3 is 11.9 Å². The van der Waals surface area contributed by atoms with Crippen molar-refractivity contribution in [1.82, 2.24) is 4.90 Å². The van der Waals surface area contributed by atoms with Crippen molar-refractivity contribution in [3.8, 4) is 5.75 Å². The smallest absolute Gasteiger partial charge is 0.414 e. The van der Waals surface area contributed by atoms with Gasteiger partial charge in [-0.1, -0.05) is 12.1 Å². The van der Waals surface area contributed by atoms with Gasteiger partial charge < -0.3 is 19.7 Å². The molecule has 1 fully saturated rings. The van der Waals surface area contributed by atoms with Gasteiger partial charge in [-0.15, -0.1) is 0 Å². The monoisotopic (exact) mass is 407 g/mol. The van der Waals surface area contributed by atoms with Gasteiger partial charge in [-0.05, 0) is 17.5 Å². The third-order valence-corrected chi connectivity index (χ3v) is 4.70. The minimum Gasteiger partial charge on any atom is -0.496 e. The number of morpholine rings is 1. The molecule has 0 atom stereocenters. The summed E-state index contributed by atoms with van der Waals surface area (Å²) in [5, 5.41) is 18.6. The van der Waals surface area contributed by atoms with Crippen molar-refractivity contribution in [1.29, 1.82) is 0 Å². The highest BCUT2D eigenvalue weighted by Crippen LogP contribution is 2.24. The first-order valence-electron chi connectivity index (χ1n) is 8.42. The molecule has 3 rings (SSSR count). The summed E-state index contributed by atoms with van der Waals surface area (Å²) in [7, 11) is 1.65. The zero-order valence-corrected chi connectivity index (χ0v) is 16.1. The number of methoxy groups -OCH3 is 1. The number of carbonyl (C=O) groups is 3. The van der Waals surface area contributed by atoms with Crippen LogP contribution in [0.1, 0.15) is 21.5 Å². The van der Waals surface area contributed by atoms with Crippen LogP contribution in [0.5, 0.6) is 5.75 Å². The van der Waals surface area contributed by atoms with Crippen LogP contribution < -0.4 is 4.74 Å². The van der Waals surface area contributed by atoms with Crippen molar-refractivity contribution in [2.45, 2.75) is 6.54 Å². The number of ketones is 1. The van der Waals surface area contributed by atoms with Crippen LogP contribution in [0.25, 0.3) is 0 Å². The first kappa shape index (κ1) is 21.5. The van der Waals surface area contributed by atoms with Crippen molar-refractivity contribution in [2.24, 2.45) is 0 Å². The molecule has 1 aromatic heterocycles. The molecule has 9 heteroatoms. The molecule has 2 aromatic rings. The number of rotatable bonds is 5. The van der Waals surface area contributed by atoms with Gasteiger partial charge in [-0.25, -0.2) is 9.59 Å². The highest BCUT2D eigenvalue weighted by molar-refractivity contribution is 7.08. The van der Waals surface area contributed by atoms with Gasteiger partial charge in [0.1, 0.15) is 5.75 Å². The van der Waals surface area contributed by atoms with E-state index < -0.39 is 11.9 Å². The second kappa shape index (κ2) is 10.5. The van der Waals surface area contributed by atoms with E-state index in [0.29, 0.717) is 5.56 Å². The van der Waals surface area contributed by atoms with Crippen LogP contribution in [0, 0.1) is 0 Å². The lowest BCUT2D eigenvalue weighted by atomic mass is 10.0. The molecule has 0 radical (unpaired) electrons. The molecule has 0 saturated carbocycles. The van der Waals surface area contributed by atoms with Gasteiger partial charge in [0.05, 0.1) is 20.3 Å². The van der Waals surface area contributed by atoms with Crippen LogP contribution in [0.15, 0.2) is 35.0 Å². The second-order valence-electron chi connectivity index (χ2n) is 5.87. The van der Waals surface area contributed by atoms with Crippen molar-refractivity contribution in [3.63, 3.8) is 0 Å². The Hall–Kier alpha value is -2.75. The number of thiophene rings is 1. The van der Waals surface area contributed by atoms with E-state index >= 15 is 0 Å². The van der Waals surface area contributed by atoms with Crippen LogP contribution in [0.4, 0.5) is 0 Å². The Morgan fingerprint density at radius 2 is 1.79 bits per heavy atom. The lowest BCUT2D eigenvalue weighted by Gasteiger charge is -2.27. The molecule has 8 nitrogen and oxygen atoms in total. The van der Waals surface area contributed by atoms with E-state index in [9.17, 15) is 4.79 Å². The van der Waals surface area contributed by atoms with Gasteiger partial charge in [0.2, 0.25) is 0 Å². The number of hydrogen-bond donors (Lipinski definition) is 2. The lowest BCUT2D eigenvalue weighted by Crippen LogP contribution is -2.35. The number of carboxylic acids is 2. The molecule has 1 aromatic carbocycles. The molecule has 1 aliphatic heterocycles. The Bertz CT molecular complexity index is 802. The van der Waals surface area contributed by atoms with Gasteiger partial charge in [0.25, 0.3) is 0 Å². The summed E-state index contributed by atoms with van der Waals surface area (Å²) < 4.78 is 10.9.